The van der Waals surface area contributed by atoms with Crippen LogP contribution in [-0.2, 0) is 6.42 Å². The number of unbranched alkanes of at least 4 members (excludes halogenated alkanes) is 1. The number of hydrogen-bond donors (Lipinski definition) is 0. The Hall–Kier alpha value is -3.81. The molecule has 0 aliphatic carbocycles. The fourth-order valence-corrected chi connectivity index (χ4v) is 3.52. The van der Waals surface area contributed by atoms with Crippen molar-refractivity contribution in [2.24, 2.45) is 0 Å². The van der Waals surface area contributed by atoms with E-state index in [0.29, 0.717) is 10.9 Å². The van der Waals surface area contributed by atoms with E-state index < -0.39 is 0 Å². The van der Waals surface area contributed by atoms with Crippen LogP contribution in [0.5, 0.6) is 0 Å². The van der Waals surface area contributed by atoms with Crippen molar-refractivity contribution >= 4 is 10.8 Å². The SMILES string of the molecule is CCCCc1ccc(C#Cc2ccc3c(F)c(C#Cc4ccc(C)cc4)ccc3c2)cc1. The van der Waals surface area contributed by atoms with E-state index >= 15 is 4.39 Å². The van der Waals surface area contributed by atoms with Crippen molar-refractivity contribution < 1.29 is 4.39 Å². The molecule has 0 aromatic heterocycles. The zero-order valence-corrected chi connectivity index (χ0v) is 18.5. The minimum absolute atomic E-state index is 0.288. The Kier molecular flexibility index (Phi) is 6.69. The Morgan fingerprint density at radius 1 is 0.688 bits per heavy atom. The number of benzene rings is 4. The normalized spacial score (nSPS) is 10.2. The van der Waals surface area contributed by atoms with Gasteiger partial charge in [0.15, 0.2) is 0 Å². The van der Waals surface area contributed by atoms with E-state index in [1.165, 1.54) is 24.0 Å². The molecular formula is C31H25F. The largest absolute Gasteiger partial charge is 0.205 e. The summed E-state index contributed by atoms with van der Waals surface area (Å²) in [5.74, 6) is 12.1. The smallest absolute Gasteiger partial charge is 0.146 e. The summed E-state index contributed by atoms with van der Waals surface area (Å²) in [7, 11) is 0. The van der Waals surface area contributed by atoms with E-state index in [9.17, 15) is 0 Å². The third-order valence-corrected chi connectivity index (χ3v) is 5.47. The molecule has 0 atom stereocenters. The maximum atomic E-state index is 15.0. The predicted octanol–water partition coefficient (Wildman–Crippen LogP) is 7.43. The molecule has 0 nitrogen and oxygen atoms in total. The van der Waals surface area contributed by atoms with Crippen LogP contribution < -0.4 is 0 Å². The minimum Gasteiger partial charge on any atom is -0.205 e. The van der Waals surface area contributed by atoms with Crippen molar-refractivity contribution in [2.75, 3.05) is 0 Å². The molecule has 0 N–H and O–H groups in total. The van der Waals surface area contributed by atoms with Crippen LogP contribution in [0.15, 0.2) is 78.9 Å². The first kappa shape index (κ1) is 21.4. The lowest BCUT2D eigenvalue weighted by atomic mass is 10.0. The van der Waals surface area contributed by atoms with Crippen LogP contribution in [0.1, 0.15) is 53.1 Å². The van der Waals surface area contributed by atoms with Crippen molar-refractivity contribution in [3.05, 3.63) is 118 Å². The first-order valence-electron chi connectivity index (χ1n) is 11.0. The molecule has 0 unspecified atom stereocenters. The van der Waals surface area contributed by atoms with Crippen molar-refractivity contribution in [3.63, 3.8) is 0 Å². The lowest BCUT2D eigenvalue weighted by Crippen LogP contribution is -1.88. The molecule has 0 radical (unpaired) electrons. The first-order chi connectivity index (χ1) is 15.6. The van der Waals surface area contributed by atoms with Crippen molar-refractivity contribution in [3.8, 4) is 23.7 Å². The molecule has 0 heterocycles. The Bertz CT molecular complexity index is 1350. The van der Waals surface area contributed by atoms with Gasteiger partial charge in [-0.3, -0.25) is 0 Å². The molecule has 32 heavy (non-hydrogen) atoms. The van der Waals surface area contributed by atoms with Gasteiger partial charge in [-0.1, -0.05) is 79.0 Å². The summed E-state index contributed by atoms with van der Waals surface area (Å²) >= 11 is 0. The maximum Gasteiger partial charge on any atom is 0.146 e. The molecule has 0 amide bonds. The Labute approximate surface area is 190 Å². The van der Waals surface area contributed by atoms with Gasteiger partial charge in [0.05, 0.1) is 5.56 Å². The zero-order valence-electron chi connectivity index (χ0n) is 18.5. The van der Waals surface area contributed by atoms with Crippen molar-refractivity contribution in [1.82, 2.24) is 0 Å². The molecular weight excluding hydrogens is 391 g/mol. The number of aryl methyl sites for hydroxylation is 2. The molecule has 0 aliphatic heterocycles. The standard InChI is InChI=1S/C31H25F/c1-3-4-5-24-10-12-26(13-11-24)14-15-27-17-21-30-29(22-27)20-19-28(31(30)32)18-16-25-8-6-23(2)7-9-25/h6-13,17,19-22H,3-5H2,1-2H3. The second-order valence-corrected chi connectivity index (χ2v) is 8.03. The second-order valence-electron chi connectivity index (χ2n) is 8.03. The summed E-state index contributed by atoms with van der Waals surface area (Å²) in [5.41, 5.74) is 5.65. The van der Waals surface area contributed by atoms with Crippen molar-refractivity contribution in [2.45, 2.75) is 33.1 Å². The average Bonchev–Trinajstić information content (AvgIpc) is 2.82. The van der Waals surface area contributed by atoms with Gasteiger partial charge in [-0.15, -0.1) is 0 Å². The lowest BCUT2D eigenvalue weighted by Gasteiger charge is -2.03. The number of fused-ring (bicyclic) bond motifs is 1. The molecule has 0 fully saturated rings. The highest BCUT2D eigenvalue weighted by Gasteiger charge is 2.06. The molecule has 4 aromatic carbocycles. The molecule has 0 saturated carbocycles. The lowest BCUT2D eigenvalue weighted by molar-refractivity contribution is 0.636. The van der Waals surface area contributed by atoms with Gasteiger partial charge in [0, 0.05) is 22.1 Å². The fraction of sp³-hybridized carbons (Fsp3) is 0.161. The number of halogens is 1. The molecule has 0 bridgehead atoms. The molecule has 4 rings (SSSR count). The van der Waals surface area contributed by atoms with Gasteiger partial charge in [-0.2, -0.15) is 0 Å². The van der Waals surface area contributed by atoms with Gasteiger partial charge in [-0.05, 0) is 73.2 Å². The summed E-state index contributed by atoms with van der Waals surface area (Å²) in [6.07, 6.45) is 3.51. The second kappa shape index (κ2) is 10.00. The highest BCUT2D eigenvalue weighted by Crippen LogP contribution is 2.22. The van der Waals surface area contributed by atoms with Crippen LogP contribution in [-0.4, -0.2) is 0 Å². The van der Waals surface area contributed by atoms with E-state index in [1.54, 1.807) is 12.1 Å². The fourth-order valence-electron chi connectivity index (χ4n) is 3.52. The Morgan fingerprint density at radius 2 is 1.31 bits per heavy atom. The van der Waals surface area contributed by atoms with Gasteiger partial charge in [0.25, 0.3) is 0 Å². The monoisotopic (exact) mass is 416 g/mol. The third kappa shape index (κ3) is 5.26. The molecule has 156 valence electrons. The summed E-state index contributed by atoms with van der Waals surface area (Å²) < 4.78 is 15.0. The maximum absolute atomic E-state index is 15.0. The van der Waals surface area contributed by atoms with Crippen LogP contribution in [0.4, 0.5) is 4.39 Å². The average molecular weight is 417 g/mol. The first-order valence-corrected chi connectivity index (χ1v) is 11.0. The van der Waals surface area contributed by atoms with Gasteiger partial charge >= 0.3 is 0 Å². The molecule has 0 spiro atoms. The van der Waals surface area contributed by atoms with Crippen LogP contribution in [0.3, 0.4) is 0 Å². The molecule has 4 aromatic rings. The minimum atomic E-state index is -0.288. The highest BCUT2D eigenvalue weighted by molar-refractivity contribution is 5.86. The van der Waals surface area contributed by atoms with E-state index in [0.717, 1.165) is 28.5 Å². The highest BCUT2D eigenvalue weighted by atomic mass is 19.1. The summed E-state index contributed by atoms with van der Waals surface area (Å²) in [5, 5.41) is 1.39. The van der Waals surface area contributed by atoms with Crippen LogP contribution in [0, 0.1) is 36.4 Å². The van der Waals surface area contributed by atoms with E-state index in [2.05, 4.69) is 54.9 Å². The van der Waals surface area contributed by atoms with Gasteiger partial charge in [0.2, 0.25) is 0 Å². The molecule has 0 saturated heterocycles. The van der Waals surface area contributed by atoms with Crippen LogP contribution in [0.2, 0.25) is 0 Å². The number of hydrogen-bond acceptors (Lipinski definition) is 0. The van der Waals surface area contributed by atoms with E-state index in [1.807, 2.05) is 49.4 Å². The summed E-state index contributed by atoms with van der Waals surface area (Å²) in [6, 6.07) is 25.6. The molecule has 0 aliphatic rings. The Balaban J connectivity index is 1.55. The van der Waals surface area contributed by atoms with Gasteiger partial charge in [-0.25, -0.2) is 4.39 Å². The van der Waals surface area contributed by atoms with Crippen LogP contribution in [0.25, 0.3) is 10.8 Å². The van der Waals surface area contributed by atoms with Crippen molar-refractivity contribution in [1.29, 1.82) is 0 Å². The van der Waals surface area contributed by atoms with Gasteiger partial charge in [0.1, 0.15) is 5.82 Å². The predicted molar refractivity (Wildman–Crippen MR) is 132 cm³/mol. The third-order valence-electron chi connectivity index (χ3n) is 5.47. The number of rotatable bonds is 3. The zero-order chi connectivity index (χ0) is 22.3. The topological polar surface area (TPSA) is 0 Å². The summed E-state index contributed by atoms with van der Waals surface area (Å²) in [4.78, 5) is 0. The van der Waals surface area contributed by atoms with E-state index in [-0.39, 0.29) is 5.82 Å². The molecule has 1 heteroatoms. The summed E-state index contributed by atoms with van der Waals surface area (Å²) in [6.45, 7) is 4.23. The van der Waals surface area contributed by atoms with E-state index in [4.69, 9.17) is 0 Å². The van der Waals surface area contributed by atoms with Gasteiger partial charge < -0.3 is 0 Å². The quantitative estimate of drug-likeness (QED) is 0.305. The Morgan fingerprint density at radius 3 is 2.03 bits per heavy atom. The van der Waals surface area contributed by atoms with Crippen LogP contribution >= 0.6 is 0 Å².